The lowest BCUT2D eigenvalue weighted by molar-refractivity contribution is -0.128. The van der Waals surface area contributed by atoms with E-state index in [2.05, 4.69) is 20.8 Å². The summed E-state index contributed by atoms with van der Waals surface area (Å²) in [4.78, 5) is 12.1. The van der Waals surface area contributed by atoms with Crippen LogP contribution in [0.25, 0.3) is 5.69 Å². The van der Waals surface area contributed by atoms with E-state index in [0.717, 1.165) is 11.4 Å². The molecule has 0 radical (unpaired) electrons. The molecule has 0 bridgehead atoms. The zero-order chi connectivity index (χ0) is 16.9. The van der Waals surface area contributed by atoms with E-state index < -0.39 is 5.41 Å². The van der Waals surface area contributed by atoms with E-state index in [-0.39, 0.29) is 18.3 Å². The minimum absolute atomic E-state index is 0.145. The molecular formula is C15H20ClN5O2. The second-order valence-corrected chi connectivity index (χ2v) is 5.90. The molecule has 0 aliphatic heterocycles. The van der Waals surface area contributed by atoms with Gasteiger partial charge in [0.2, 0.25) is 5.91 Å². The topological polar surface area (TPSA) is 81.9 Å². The number of nitrogens with one attached hydrogen (secondary N) is 1. The molecule has 0 fully saturated rings. The quantitative estimate of drug-likeness (QED) is 0.781. The number of rotatable bonds is 7. The number of tetrazole rings is 1. The van der Waals surface area contributed by atoms with Gasteiger partial charge in [-0.15, -0.1) is 16.7 Å². The van der Waals surface area contributed by atoms with Crippen molar-refractivity contribution in [3.63, 3.8) is 0 Å². The lowest BCUT2D eigenvalue weighted by Crippen LogP contribution is -2.38. The van der Waals surface area contributed by atoms with Gasteiger partial charge in [-0.3, -0.25) is 4.79 Å². The number of nitrogens with zero attached hydrogens (tertiary/aromatic N) is 4. The summed E-state index contributed by atoms with van der Waals surface area (Å²) in [6.45, 7) is 6.32. The molecule has 1 amide bonds. The van der Waals surface area contributed by atoms with Gasteiger partial charge in [0, 0.05) is 5.88 Å². The number of benzene rings is 1. The van der Waals surface area contributed by atoms with Gasteiger partial charge in [-0.1, -0.05) is 0 Å². The van der Waals surface area contributed by atoms with Crippen molar-refractivity contribution < 1.29 is 9.53 Å². The molecule has 1 N–H and O–H groups in total. The Kier molecular flexibility index (Phi) is 5.54. The Morgan fingerprint density at radius 2 is 2.04 bits per heavy atom. The summed E-state index contributed by atoms with van der Waals surface area (Å²) >= 11 is 5.80. The largest absolute Gasteiger partial charge is 0.494 e. The minimum atomic E-state index is -0.640. The van der Waals surface area contributed by atoms with Crippen molar-refractivity contribution in [3.05, 3.63) is 30.1 Å². The highest BCUT2D eigenvalue weighted by atomic mass is 35.5. The zero-order valence-electron chi connectivity index (χ0n) is 13.4. The number of alkyl halides is 1. The molecule has 2 aromatic rings. The number of hydrogen-bond donors (Lipinski definition) is 1. The van der Waals surface area contributed by atoms with Crippen LogP contribution >= 0.6 is 11.6 Å². The number of halogens is 1. The van der Waals surface area contributed by atoms with Crippen LogP contribution in [0.15, 0.2) is 24.3 Å². The first-order valence-corrected chi connectivity index (χ1v) is 7.86. The Morgan fingerprint density at radius 1 is 1.35 bits per heavy atom. The third-order valence-electron chi connectivity index (χ3n) is 3.28. The molecule has 0 unspecified atom stereocenters. The fourth-order valence-electron chi connectivity index (χ4n) is 1.83. The summed E-state index contributed by atoms with van der Waals surface area (Å²) in [5.41, 5.74) is 0.151. The van der Waals surface area contributed by atoms with E-state index in [9.17, 15) is 4.79 Å². The lowest BCUT2D eigenvalue weighted by atomic mass is 9.95. The van der Waals surface area contributed by atoms with Gasteiger partial charge in [0.1, 0.15) is 5.75 Å². The predicted octanol–water partition coefficient (Wildman–Crippen LogP) is 1.94. The van der Waals surface area contributed by atoms with Crippen LogP contribution in [-0.2, 0) is 11.3 Å². The fourth-order valence-corrected chi connectivity index (χ4v) is 1.95. The number of hydrogen-bond acceptors (Lipinski definition) is 5. The molecule has 0 atom stereocenters. The molecule has 0 spiro atoms. The lowest BCUT2D eigenvalue weighted by Gasteiger charge is -2.20. The highest BCUT2D eigenvalue weighted by molar-refractivity contribution is 6.19. The average molecular weight is 338 g/mol. The predicted molar refractivity (Wildman–Crippen MR) is 86.7 cm³/mol. The SMILES string of the molecule is CCOc1ccc(-n2nnnc2CNC(=O)C(C)(C)CCl)cc1. The van der Waals surface area contributed by atoms with E-state index >= 15 is 0 Å². The van der Waals surface area contributed by atoms with Crippen LogP contribution < -0.4 is 10.1 Å². The van der Waals surface area contributed by atoms with Gasteiger partial charge in [-0.05, 0) is 55.5 Å². The second kappa shape index (κ2) is 7.41. The molecule has 1 aromatic carbocycles. The number of carbonyl (C=O) groups is 1. The maximum atomic E-state index is 12.1. The minimum Gasteiger partial charge on any atom is -0.494 e. The first-order chi connectivity index (χ1) is 11.0. The number of amides is 1. The first-order valence-electron chi connectivity index (χ1n) is 7.32. The van der Waals surface area contributed by atoms with Crippen LogP contribution in [0.2, 0.25) is 0 Å². The summed E-state index contributed by atoms with van der Waals surface area (Å²) in [6, 6.07) is 7.41. The van der Waals surface area contributed by atoms with Crippen molar-refractivity contribution in [1.29, 1.82) is 0 Å². The van der Waals surface area contributed by atoms with Crippen molar-refractivity contribution in [2.24, 2.45) is 5.41 Å². The summed E-state index contributed by atoms with van der Waals surface area (Å²) in [5, 5.41) is 14.4. The monoisotopic (exact) mass is 337 g/mol. The molecule has 2 rings (SSSR count). The van der Waals surface area contributed by atoms with Crippen molar-refractivity contribution >= 4 is 17.5 Å². The van der Waals surface area contributed by atoms with Gasteiger partial charge in [0.15, 0.2) is 5.82 Å². The Bertz CT molecular complexity index is 654. The van der Waals surface area contributed by atoms with E-state index in [1.54, 1.807) is 18.5 Å². The summed E-state index contributed by atoms with van der Waals surface area (Å²) in [6.07, 6.45) is 0. The smallest absolute Gasteiger partial charge is 0.227 e. The first kappa shape index (κ1) is 17.2. The van der Waals surface area contributed by atoms with E-state index in [4.69, 9.17) is 16.3 Å². The summed E-state index contributed by atoms with van der Waals surface area (Å²) in [5.74, 6) is 1.41. The van der Waals surface area contributed by atoms with Gasteiger partial charge in [0.05, 0.1) is 24.3 Å². The third kappa shape index (κ3) is 4.19. The molecule has 1 heterocycles. The maximum Gasteiger partial charge on any atom is 0.227 e. The normalized spacial score (nSPS) is 11.3. The number of aromatic nitrogens is 4. The van der Waals surface area contributed by atoms with E-state index in [0.29, 0.717) is 12.4 Å². The molecule has 0 aliphatic rings. The van der Waals surface area contributed by atoms with Crippen LogP contribution in [0.4, 0.5) is 0 Å². The van der Waals surface area contributed by atoms with Crippen LogP contribution in [-0.4, -0.2) is 38.6 Å². The van der Waals surface area contributed by atoms with Gasteiger partial charge in [-0.25, -0.2) is 0 Å². The highest BCUT2D eigenvalue weighted by Gasteiger charge is 2.26. The Hall–Kier alpha value is -2.15. The van der Waals surface area contributed by atoms with Gasteiger partial charge >= 0.3 is 0 Å². The standard InChI is InChI=1S/C15H20ClN5O2/c1-4-23-12-7-5-11(6-8-12)21-13(18-19-20-21)9-17-14(22)15(2,3)10-16/h5-8H,4,9-10H2,1-3H3,(H,17,22). The molecule has 8 heteroatoms. The van der Waals surface area contributed by atoms with Crippen molar-refractivity contribution in [2.45, 2.75) is 27.3 Å². The summed E-state index contributed by atoms with van der Waals surface area (Å²) < 4.78 is 6.98. The fraction of sp³-hybridized carbons (Fsp3) is 0.467. The van der Waals surface area contributed by atoms with Crippen LogP contribution in [0, 0.1) is 5.41 Å². The van der Waals surface area contributed by atoms with E-state index in [1.165, 1.54) is 0 Å². The summed E-state index contributed by atoms with van der Waals surface area (Å²) in [7, 11) is 0. The van der Waals surface area contributed by atoms with Crippen LogP contribution in [0.5, 0.6) is 5.75 Å². The average Bonchev–Trinajstić information content (AvgIpc) is 3.02. The third-order valence-corrected chi connectivity index (χ3v) is 3.95. The molecule has 124 valence electrons. The van der Waals surface area contributed by atoms with Crippen LogP contribution in [0.3, 0.4) is 0 Å². The van der Waals surface area contributed by atoms with Crippen LogP contribution in [0.1, 0.15) is 26.6 Å². The molecule has 7 nitrogen and oxygen atoms in total. The van der Waals surface area contributed by atoms with Gasteiger partial charge in [-0.2, -0.15) is 4.68 Å². The highest BCUT2D eigenvalue weighted by Crippen LogP contribution is 2.18. The Morgan fingerprint density at radius 3 is 2.65 bits per heavy atom. The molecule has 0 saturated heterocycles. The molecule has 0 aliphatic carbocycles. The van der Waals surface area contributed by atoms with Gasteiger partial charge in [0.25, 0.3) is 0 Å². The number of ether oxygens (including phenoxy) is 1. The van der Waals surface area contributed by atoms with Crippen molar-refractivity contribution in [3.8, 4) is 11.4 Å². The molecule has 1 aromatic heterocycles. The Balaban J connectivity index is 2.09. The molecule has 23 heavy (non-hydrogen) atoms. The Labute approximate surface area is 140 Å². The number of carbonyl (C=O) groups excluding carboxylic acids is 1. The van der Waals surface area contributed by atoms with Gasteiger partial charge < -0.3 is 10.1 Å². The van der Waals surface area contributed by atoms with E-state index in [1.807, 2.05) is 31.2 Å². The van der Waals surface area contributed by atoms with Crippen molar-refractivity contribution in [2.75, 3.05) is 12.5 Å². The van der Waals surface area contributed by atoms with Crippen molar-refractivity contribution in [1.82, 2.24) is 25.5 Å². The molecule has 0 saturated carbocycles. The zero-order valence-corrected chi connectivity index (χ0v) is 14.2. The second-order valence-electron chi connectivity index (χ2n) is 5.63. The maximum absolute atomic E-state index is 12.1. The molecular weight excluding hydrogens is 318 g/mol.